The molecule has 0 bridgehead atoms. The van der Waals surface area contributed by atoms with E-state index in [0.717, 1.165) is 0 Å². The molecule has 2 rings (SSSR count). The lowest BCUT2D eigenvalue weighted by Crippen LogP contribution is -2.60. The van der Waals surface area contributed by atoms with E-state index in [-0.39, 0.29) is 12.8 Å². The Labute approximate surface area is 402 Å². The standard InChI is InChI=1S/C49H78N8O11/c1-16-28(6)39-44(63)50-25-36(58)56(14)38(27(4)5)46(65)55(13)35(24-33-22-20-19-21-23-33)43(62)52-31(9)41(60)49(11,12)48(67)53-32(10)42(61)54-34(18-3)30(8)47(66)68-40(29(7)17-2)45(64)51-26-37(59)57(39)15/h19-23,27-32,34-35,38-40H,16-18,24-26H2,1-15H3,(H,50,63)(H,51,64)(H,52,62)(H,53,67)(H,54,61)/t28-,29+,30+,31+,32+,34-,35+,38+,39+,40+/m1/s1. The van der Waals surface area contributed by atoms with Crippen LogP contribution in [0.25, 0.3) is 0 Å². The van der Waals surface area contributed by atoms with Crippen LogP contribution in [0.5, 0.6) is 0 Å². The second kappa shape index (κ2) is 26.0. The molecular formula is C49H78N8O11. The highest BCUT2D eigenvalue weighted by Crippen LogP contribution is 2.23. The van der Waals surface area contributed by atoms with E-state index in [1.807, 2.05) is 6.92 Å². The van der Waals surface area contributed by atoms with E-state index in [9.17, 15) is 47.9 Å². The van der Waals surface area contributed by atoms with Gasteiger partial charge in [-0.2, -0.15) is 0 Å². The summed E-state index contributed by atoms with van der Waals surface area (Å²) >= 11 is 0. The van der Waals surface area contributed by atoms with Gasteiger partial charge in [-0.05, 0) is 64.9 Å². The number of Topliss-reactive ketones (excluding diaryl/α,β-unsaturated/α-hetero) is 1. The van der Waals surface area contributed by atoms with Gasteiger partial charge < -0.3 is 46.0 Å². The third-order valence-corrected chi connectivity index (χ3v) is 13.3. The molecule has 1 fully saturated rings. The van der Waals surface area contributed by atoms with Gasteiger partial charge in [0.25, 0.3) is 5.91 Å². The van der Waals surface area contributed by atoms with Crippen molar-refractivity contribution in [2.45, 2.75) is 151 Å². The Morgan fingerprint density at radius 3 is 1.69 bits per heavy atom. The van der Waals surface area contributed by atoms with E-state index in [1.165, 1.54) is 70.5 Å². The molecule has 1 aromatic rings. The molecular weight excluding hydrogens is 877 g/mol. The van der Waals surface area contributed by atoms with Crippen LogP contribution >= 0.6 is 0 Å². The van der Waals surface area contributed by atoms with Crippen molar-refractivity contribution >= 4 is 59.0 Å². The van der Waals surface area contributed by atoms with Crippen LogP contribution in [-0.4, -0.2) is 150 Å². The van der Waals surface area contributed by atoms with Crippen molar-refractivity contribution < 1.29 is 52.7 Å². The molecule has 0 aliphatic carbocycles. The predicted octanol–water partition coefficient (Wildman–Crippen LogP) is 1.75. The predicted molar refractivity (Wildman–Crippen MR) is 255 cm³/mol. The summed E-state index contributed by atoms with van der Waals surface area (Å²) in [4.78, 5) is 142. The monoisotopic (exact) mass is 955 g/mol. The molecule has 0 radical (unpaired) electrons. The van der Waals surface area contributed by atoms with E-state index < -0.39 is 144 Å². The number of ether oxygens (including phenoxy) is 1. The summed E-state index contributed by atoms with van der Waals surface area (Å²) in [7, 11) is 4.24. The topological polar surface area (TPSA) is 250 Å². The van der Waals surface area contributed by atoms with Crippen molar-refractivity contribution in [3.05, 3.63) is 35.9 Å². The van der Waals surface area contributed by atoms with Gasteiger partial charge in [-0.3, -0.25) is 47.9 Å². The van der Waals surface area contributed by atoms with E-state index in [4.69, 9.17) is 4.74 Å². The minimum Gasteiger partial charge on any atom is -0.452 e. The fraction of sp³-hybridized carbons (Fsp3) is 0.673. The number of hydrogen-bond acceptors (Lipinski definition) is 11. The Balaban J connectivity index is 2.66. The van der Waals surface area contributed by atoms with Gasteiger partial charge in [-0.1, -0.05) is 85.2 Å². The fourth-order valence-corrected chi connectivity index (χ4v) is 8.03. The maximum absolute atomic E-state index is 14.5. The van der Waals surface area contributed by atoms with E-state index in [2.05, 4.69) is 26.6 Å². The summed E-state index contributed by atoms with van der Waals surface area (Å²) in [5.74, 6) is -9.29. The van der Waals surface area contributed by atoms with Gasteiger partial charge in [-0.25, -0.2) is 0 Å². The zero-order chi connectivity index (χ0) is 52.0. The molecule has 19 nitrogen and oxygen atoms in total. The van der Waals surface area contributed by atoms with Crippen LogP contribution < -0.4 is 26.6 Å². The highest BCUT2D eigenvalue weighted by Gasteiger charge is 2.43. The third kappa shape index (κ3) is 15.1. The average Bonchev–Trinajstić information content (AvgIpc) is 3.30. The Kier molecular flexibility index (Phi) is 22.3. The Hall–Kier alpha value is -5.88. The molecule has 0 aromatic heterocycles. The number of amides is 8. The number of hydrogen-bond donors (Lipinski definition) is 5. The molecule has 1 heterocycles. The molecule has 1 aromatic carbocycles. The molecule has 0 spiro atoms. The van der Waals surface area contributed by atoms with Gasteiger partial charge in [0.2, 0.25) is 41.4 Å². The van der Waals surface area contributed by atoms with Gasteiger partial charge >= 0.3 is 5.97 Å². The highest BCUT2D eigenvalue weighted by molar-refractivity contribution is 6.09. The molecule has 19 heteroatoms. The molecule has 0 unspecified atom stereocenters. The number of esters is 1. The average molecular weight is 955 g/mol. The van der Waals surface area contributed by atoms with Crippen molar-refractivity contribution in [1.82, 2.24) is 41.3 Å². The molecule has 8 amide bonds. The zero-order valence-corrected chi connectivity index (χ0v) is 42.8. The van der Waals surface area contributed by atoms with E-state index >= 15 is 0 Å². The number of likely N-dealkylation sites (N-methyl/N-ethyl adjacent to an activating group) is 3. The van der Waals surface area contributed by atoms with Crippen LogP contribution in [0.15, 0.2) is 30.3 Å². The van der Waals surface area contributed by atoms with Crippen molar-refractivity contribution in [3.63, 3.8) is 0 Å². The summed E-state index contributed by atoms with van der Waals surface area (Å²) < 4.78 is 5.75. The first-order chi connectivity index (χ1) is 31.7. The van der Waals surface area contributed by atoms with Crippen molar-refractivity contribution in [2.24, 2.45) is 29.1 Å². The number of carbonyl (C=O) groups is 10. The molecule has 1 saturated heterocycles. The first-order valence-corrected chi connectivity index (χ1v) is 23.7. The van der Waals surface area contributed by atoms with E-state index in [1.54, 1.807) is 71.9 Å². The number of cyclic esters (lactones) is 1. The fourth-order valence-electron chi connectivity index (χ4n) is 8.03. The molecule has 380 valence electrons. The van der Waals surface area contributed by atoms with E-state index in [0.29, 0.717) is 18.4 Å². The smallest absolute Gasteiger partial charge is 0.311 e. The summed E-state index contributed by atoms with van der Waals surface area (Å²) in [5, 5.41) is 13.2. The molecule has 10 atom stereocenters. The zero-order valence-electron chi connectivity index (χ0n) is 42.8. The Morgan fingerprint density at radius 1 is 0.647 bits per heavy atom. The minimum absolute atomic E-state index is 0.0192. The lowest BCUT2D eigenvalue weighted by molar-refractivity contribution is -0.163. The van der Waals surface area contributed by atoms with Crippen LogP contribution in [0.1, 0.15) is 108 Å². The summed E-state index contributed by atoms with van der Waals surface area (Å²) in [6.45, 7) is 18.2. The van der Waals surface area contributed by atoms with Crippen LogP contribution in [0.4, 0.5) is 0 Å². The maximum atomic E-state index is 14.5. The third-order valence-electron chi connectivity index (χ3n) is 13.3. The number of rotatable bonds is 8. The van der Waals surface area contributed by atoms with Gasteiger partial charge in [0.15, 0.2) is 11.9 Å². The minimum atomic E-state index is -1.78. The van der Waals surface area contributed by atoms with Gasteiger partial charge in [0.1, 0.15) is 29.6 Å². The summed E-state index contributed by atoms with van der Waals surface area (Å²) in [5.41, 5.74) is -1.08. The summed E-state index contributed by atoms with van der Waals surface area (Å²) in [6.07, 6.45) is -0.161. The molecule has 5 N–H and O–H groups in total. The highest BCUT2D eigenvalue weighted by atomic mass is 16.5. The number of benzene rings is 1. The van der Waals surface area contributed by atoms with Crippen molar-refractivity contribution in [2.75, 3.05) is 34.2 Å². The summed E-state index contributed by atoms with van der Waals surface area (Å²) in [6, 6.07) is 2.24. The largest absolute Gasteiger partial charge is 0.452 e. The number of carbonyl (C=O) groups excluding carboxylic acids is 10. The lowest BCUT2D eigenvalue weighted by atomic mass is 9.83. The first kappa shape index (κ1) is 58.2. The lowest BCUT2D eigenvalue weighted by Gasteiger charge is -2.37. The van der Waals surface area contributed by atoms with Gasteiger partial charge in [-0.15, -0.1) is 0 Å². The Morgan fingerprint density at radius 2 is 1.18 bits per heavy atom. The second-order valence-corrected chi connectivity index (χ2v) is 19.1. The van der Waals surface area contributed by atoms with Crippen LogP contribution in [0, 0.1) is 29.1 Å². The number of ketones is 1. The van der Waals surface area contributed by atoms with Crippen LogP contribution in [0.2, 0.25) is 0 Å². The maximum Gasteiger partial charge on any atom is 0.311 e. The van der Waals surface area contributed by atoms with Crippen LogP contribution in [0.3, 0.4) is 0 Å². The Bertz CT molecular complexity index is 1980. The van der Waals surface area contributed by atoms with Crippen molar-refractivity contribution in [1.29, 1.82) is 0 Å². The second-order valence-electron chi connectivity index (χ2n) is 19.1. The quantitative estimate of drug-likeness (QED) is 0.186. The molecule has 68 heavy (non-hydrogen) atoms. The molecule has 1 aliphatic heterocycles. The number of nitrogens with one attached hydrogen (secondary N) is 5. The molecule has 0 saturated carbocycles. The van der Waals surface area contributed by atoms with Gasteiger partial charge in [0, 0.05) is 39.5 Å². The SMILES string of the molecule is CC[C@@H](C)[C@H]1C(=O)NCC(=O)N(C)[C@@H](C(C)C)C(=O)N(C)[C@@H](Cc2ccccc2)C(=O)N[C@@H](C)C(=O)C(C)(C)C(=O)N[C@@H](C)C(=O)N[C@H](CC)[C@H](C)C(=O)O[C@@H]([C@@H](C)CC)C(=O)NCC(=O)N1C. The van der Waals surface area contributed by atoms with Gasteiger partial charge in [0.05, 0.1) is 25.0 Å². The van der Waals surface area contributed by atoms with Crippen LogP contribution in [-0.2, 0) is 59.1 Å². The number of nitrogens with zero attached hydrogens (tertiary/aromatic N) is 3. The molecule has 1 aliphatic rings. The normalized spacial score (nSPS) is 27.6. The first-order valence-electron chi connectivity index (χ1n) is 23.7. The van der Waals surface area contributed by atoms with Crippen molar-refractivity contribution in [3.8, 4) is 0 Å².